The van der Waals surface area contributed by atoms with E-state index in [-0.39, 0.29) is 5.78 Å². The largest absolute Gasteiger partial charge is 0.299 e. The minimum Gasteiger partial charge on any atom is -0.299 e. The first-order valence-corrected chi connectivity index (χ1v) is 5.51. The second-order valence-electron chi connectivity index (χ2n) is 3.18. The summed E-state index contributed by atoms with van der Waals surface area (Å²) in [6, 6.07) is 5.60. The van der Waals surface area contributed by atoms with Crippen LogP contribution in [0.15, 0.2) is 36.1 Å². The van der Waals surface area contributed by atoms with E-state index >= 15 is 0 Å². The molecule has 0 saturated carbocycles. The highest BCUT2D eigenvalue weighted by molar-refractivity contribution is 7.09. The van der Waals surface area contributed by atoms with Gasteiger partial charge in [0.1, 0.15) is 5.78 Å². The van der Waals surface area contributed by atoms with Crippen molar-refractivity contribution in [3.63, 3.8) is 0 Å². The fraction of sp³-hybridized carbons (Fsp3) is 0.182. The standard InChI is InChI=1S/C11H10N2OS/c14-10(6-11-7-12-8-15-11)5-9-3-1-2-4-13-9/h1-4,7-8H,5-6H2. The number of thiazole rings is 1. The summed E-state index contributed by atoms with van der Waals surface area (Å²) in [6.07, 6.45) is 4.30. The van der Waals surface area contributed by atoms with E-state index in [0.717, 1.165) is 10.6 Å². The van der Waals surface area contributed by atoms with Crippen LogP contribution < -0.4 is 0 Å². The molecular formula is C11H10N2OS. The maximum Gasteiger partial charge on any atom is 0.144 e. The van der Waals surface area contributed by atoms with Gasteiger partial charge in [0.25, 0.3) is 0 Å². The van der Waals surface area contributed by atoms with Crippen LogP contribution in [0.1, 0.15) is 10.6 Å². The summed E-state index contributed by atoms with van der Waals surface area (Å²) in [7, 11) is 0. The van der Waals surface area contributed by atoms with Gasteiger partial charge >= 0.3 is 0 Å². The van der Waals surface area contributed by atoms with Crippen LogP contribution in [0.2, 0.25) is 0 Å². The Balaban J connectivity index is 1.94. The van der Waals surface area contributed by atoms with Crippen molar-refractivity contribution in [2.75, 3.05) is 0 Å². The molecule has 76 valence electrons. The number of carbonyl (C=O) groups is 1. The van der Waals surface area contributed by atoms with Gasteiger partial charge in [-0.25, -0.2) is 0 Å². The van der Waals surface area contributed by atoms with E-state index in [0.29, 0.717) is 12.8 Å². The minimum atomic E-state index is 0.179. The molecule has 0 saturated heterocycles. The zero-order chi connectivity index (χ0) is 10.5. The maximum absolute atomic E-state index is 11.6. The summed E-state index contributed by atoms with van der Waals surface area (Å²) >= 11 is 1.51. The molecule has 0 unspecified atom stereocenters. The van der Waals surface area contributed by atoms with Gasteiger partial charge in [0, 0.05) is 35.8 Å². The number of rotatable bonds is 4. The van der Waals surface area contributed by atoms with E-state index in [4.69, 9.17) is 0 Å². The summed E-state index contributed by atoms with van der Waals surface area (Å²) < 4.78 is 0. The summed E-state index contributed by atoms with van der Waals surface area (Å²) in [5.41, 5.74) is 2.57. The molecule has 0 aliphatic rings. The van der Waals surface area contributed by atoms with Gasteiger partial charge in [-0.1, -0.05) is 6.07 Å². The van der Waals surface area contributed by atoms with Crippen LogP contribution >= 0.6 is 11.3 Å². The third-order valence-electron chi connectivity index (χ3n) is 1.96. The molecule has 2 aromatic rings. The predicted molar refractivity (Wildman–Crippen MR) is 58.8 cm³/mol. The van der Waals surface area contributed by atoms with Crippen LogP contribution in [0, 0.1) is 0 Å². The lowest BCUT2D eigenvalue weighted by Crippen LogP contribution is -2.06. The number of pyridine rings is 1. The molecule has 0 radical (unpaired) electrons. The molecule has 0 aromatic carbocycles. The number of hydrogen-bond donors (Lipinski definition) is 0. The van der Waals surface area contributed by atoms with E-state index in [1.807, 2.05) is 18.2 Å². The Kier molecular flexibility index (Phi) is 3.19. The lowest BCUT2D eigenvalue weighted by molar-refractivity contribution is -0.117. The average molecular weight is 218 g/mol. The van der Waals surface area contributed by atoms with Crippen LogP contribution in [0.25, 0.3) is 0 Å². The van der Waals surface area contributed by atoms with Crippen molar-refractivity contribution < 1.29 is 4.79 Å². The second-order valence-corrected chi connectivity index (χ2v) is 4.15. The van der Waals surface area contributed by atoms with Crippen molar-refractivity contribution >= 4 is 17.1 Å². The average Bonchev–Trinajstić information content (AvgIpc) is 2.71. The molecule has 0 spiro atoms. The number of ketones is 1. The van der Waals surface area contributed by atoms with Crippen LogP contribution in [0.5, 0.6) is 0 Å². The van der Waals surface area contributed by atoms with Crippen molar-refractivity contribution in [1.29, 1.82) is 0 Å². The van der Waals surface area contributed by atoms with Gasteiger partial charge in [-0.2, -0.15) is 0 Å². The van der Waals surface area contributed by atoms with E-state index < -0.39 is 0 Å². The molecule has 0 aliphatic carbocycles. The minimum absolute atomic E-state index is 0.179. The fourth-order valence-electron chi connectivity index (χ4n) is 1.29. The normalized spacial score (nSPS) is 10.1. The number of nitrogens with zero attached hydrogens (tertiary/aromatic N) is 2. The smallest absolute Gasteiger partial charge is 0.144 e. The van der Waals surface area contributed by atoms with Gasteiger partial charge in [-0.15, -0.1) is 11.3 Å². The van der Waals surface area contributed by atoms with Crippen molar-refractivity contribution in [3.05, 3.63) is 46.7 Å². The van der Waals surface area contributed by atoms with Crippen molar-refractivity contribution in [3.8, 4) is 0 Å². The Labute approximate surface area is 91.8 Å². The molecule has 0 atom stereocenters. The van der Waals surface area contributed by atoms with E-state index in [2.05, 4.69) is 9.97 Å². The molecule has 2 rings (SSSR count). The number of aromatic nitrogens is 2. The monoisotopic (exact) mass is 218 g/mol. The first kappa shape index (κ1) is 9.98. The maximum atomic E-state index is 11.6. The van der Waals surface area contributed by atoms with E-state index in [1.54, 1.807) is 17.9 Å². The molecule has 0 amide bonds. The van der Waals surface area contributed by atoms with Gasteiger partial charge in [0.2, 0.25) is 0 Å². The first-order valence-electron chi connectivity index (χ1n) is 4.63. The number of carbonyl (C=O) groups excluding carboxylic acids is 1. The summed E-state index contributed by atoms with van der Waals surface area (Å²) in [4.78, 5) is 20.7. The topological polar surface area (TPSA) is 42.9 Å². The molecule has 3 nitrogen and oxygen atoms in total. The van der Waals surface area contributed by atoms with Crippen LogP contribution in [0.3, 0.4) is 0 Å². The van der Waals surface area contributed by atoms with Crippen molar-refractivity contribution in [2.24, 2.45) is 0 Å². The molecule has 0 N–H and O–H groups in total. The molecule has 4 heteroatoms. The first-order chi connectivity index (χ1) is 7.34. The SMILES string of the molecule is O=C(Cc1ccccn1)Cc1cncs1. The Hall–Kier alpha value is -1.55. The zero-order valence-corrected chi connectivity index (χ0v) is 8.91. The Morgan fingerprint density at radius 3 is 2.93 bits per heavy atom. The molecule has 2 heterocycles. The van der Waals surface area contributed by atoms with Crippen LogP contribution in [-0.2, 0) is 17.6 Å². The highest BCUT2D eigenvalue weighted by atomic mass is 32.1. The van der Waals surface area contributed by atoms with Gasteiger partial charge in [-0.3, -0.25) is 14.8 Å². The van der Waals surface area contributed by atoms with E-state index in [9.17, 15) is 4.79 Å². The molecule has 15 heavy (non-hydrogen) atoms. The Bertz CT molecular complexity index is 425. The van der Waals surface area contributed by atoms with Gasteiger partial charge in [-0.05, 0) is 12.1 Å². The van der Waals surface area contributed by atoms with E-state index in [1.165, 1.54) is 11.3 Å². The third-order valence-corrected chi connectivity index (χ3v) is 2.74. The third kappa shape index (κ3) is 2.95. The highest BCUT2D eigenvalue weighted by Crippen LogP contribution is 2.08. The number of hydrogen-bond acceptors (Lipinski definition) is 4. The molecule has 2 aromatic heterocycles. The van der Waals surface area contributed by atoms with Gasteiger partial charge < -0.3 is 0 Å². The summed E-state index contributed by atoms with van der Waals surface area (Å²) in [5, 5.41) is 0. The second kappa shape index (κ2) is 4.79. The zero-order valence-electron chi connectivity index (χ0n) is 8.09. The molecule has 0 bridgehead atoms. The molecular weight excluding hydrogens is 208 g/mol. The lowest BCUT2D eigenvalue weighted by Gasteiger charge is -1.97. The Morgan fingerprint density at radius 2 is 2.27 bits per heavy atom. The van der Waals surface area contributed by atoms with Crippen LogP contribution in [0.4, 0.5) is 0 Å². The molecule has 0 fully saturated rings. The summed E-state index contributed by atoms with van der Waals surface area (Å²) in [5.74, 6) is 0.179. The predicted octanol–water partition coefficient (Wildman–Crippen LogP) is 1.89. The number of Topliss-reactive ketones (excluding diaryl/α,β-unsaturated/α-hetero) is 1. The Morgan fingerprint density at radius 1 is 1.33 bits per heavy atom. The highest BCUT2D eigenvalue weighted by Gasteiger charge is 2.06. The summed E-state index contributed by atoms with van der Waals surface area (Å²) in [6.45, 7) is 0. The lowest BCUT2D eigenvalue weighted by atomic mass is 10.1. The van der Waals surface area contributed by atoms with Gasteiger partial charge in [0.05, 0.1) is 5.51 Å². The van der Waals surface area contributed by atoms with Gasteiger partial charge in [0.15, 0.2) is 0 Å². The quantitative estimate of drug-likeness (QED) is 0.787. The van der Waals surface area contributed by atoms with Crippen molar-refractivity contribution in [1.82, 2.24) is 9.97 Å². The van der Waals surface area contributed by atoms with Crippen molar-refractivity contribution in [2.45, 2.75) is 12.8 Å². The molecule has 0 aliphatic heterocycles. The fourth-order valence-corrected chi connectivity index (χ4v) is 1.91. The van der Waals surface area contributed by atoms with Crippen LogP contribution in [-0.4, -0.2) is 15.8 Å².